The normalized spacial score (nSPS) is 13.0. The van der Waals surface area contributed by atoms with Crippen molar-refractivity contribution >= 4 is 52.1 Å². The summed E-state index contributed by atoms with van der Waals surface area (Å²) in [6.45, 7) is -0.343. The molecule has 0 saturated heterocycles. The minimum atomic E-state index is -0.619. The molecule has 1 amide bonds. The SMILES string of the molecule is O=C(CN1CC(=O)Oc2cc([N+](=O)[O-])ccc21)Nc1cccc(Cl)c1Cl. The molecule has 0 bridgehead atoms. The molecule has 1 aliphatic heterocycles. The van der Waals surface area contributed by atoms with Gasteiger partial charge in [-0.2, -0.15) is 0 Å². The molecule has 2 aromatic carbocycles. The Hall–Kier alpha value is -2.84. The predicted octanol–water partition coefficient (Wildman–Crippen LogP) is 3.27. The van der Waals surface area contributed by atoms with Gasteiger partial charge >= 0.3 is 5.97 Å². The second-order valence-corrected chi connectivity index (χ2v) is 6.17. The van der Waals surface area contributed by atoms with Gasteiger partial charge in [-0.3, -0.25) is 14.9 Å². The van der Waals surface area contributed by atoms with E-state index in [1.54, 1.807) is 18.2 Å². The van der Waals surface area contributed by atoms with Crippen molar-refractivity contribution in [2.75, 3.05) is 23.3 Å². The van der Waals surface area contributed by atoms with E-state index in [9.17, 15) is 19.7 Å². The molecule has 26 heavy (non-hydrogen) atoms. The number of nitrogens with zero attached hydrogens (tertiary/aromatic N) is 2. The lowest BCUT2D eigenvalue weighted by molar-refractivity contribution is -0.384. The number of nitro benzene ring substituents is 1. The number of benzene rings is 2. The van der Waals surface area contributed by atoms with Gasteiger partial charge < -0.3 is 15.0 Å². The summed E-state index contributed by atoms with van der Waals surface area (Å²) in [7, 11) is 0. The zero-order chi connectivity index (χ0) is 18.8. The van der Waals surface area contributed by atoms with Gasteiger partial charge in [-0.05, 0) is 18.2 Å². The van der Waals surface area contributed by atoms with E-state index >= 15 is 0 Å². The Morgan fingerprint density at radius 3 is 2.81 bits per heavy atom. The molecule has 0 unspecified atom stereocenters. The van der Waals surface area contributed by atoms with E-state index in [4.69, 9.17) is 27.9 Å². The van der Waals surface area contributed by atoms with E-state index in [0.29, 0.717) is 16.4 Å². The molecule has 0 aliphatic carbocycles. The summed E-state index contributed by atoms with van der Waals surface area (Å²) >= 11 is 11.9. The Labute approximate surface area is 157 Å². The number of amides is 1. The molecule has 0 fully saturated rings. The lowest BCUT2D eigenvalue weighted by atomic mass is 10.2. The van der Waals surface area contributed by atoms with Gasteiger partial charge in [0.1, 0.15) is 6.54 Å². The molecule has 1 aliphatic rings. The van der Waals surface area contributed by atoms with Crippen LogP contribution in [-0.2, 0) is 9.59 Å². The Morgan fingerprint density at radius 1 is 1.31 bits per heavy atom. The van der Waals surface area contributed by atoms with Gasteiger partial charge in [0.2, 0.25) is 5.91 Å². The molecule has 3 rings (SSSR count). The molecule has 10 heteroatoms. The number of hydrogen-bond acceptors (Lipinski definition) is 6. The van der Waals surface area contributed by atoms with Crippen molar-refractivity contribution in [2.45, 2.75) is 0 Å². The summed E-state index contributed by atoms with van der Waals surface area (Å²) in [6.07, 6.45) is 0. The number of ether oxygens (including phenoxy) is 1. The standard InChI is InChI=1S/C16H11Cl2N3O5/c17-10-2-1-3-11(16(10)18)19-14(22)7-20-8-15(23)26-13-6-9(21(24)25)4-5-12(13)20/h1-6H,7-8H2,(H,19,22). The highest BCUT2D eigenvalue weighted by atomic mass is 35.5. The first-order chi connectivity index (χ1) is 12.3. The number of non-ortho nitro benzene ring substituents is 1. The first-order valence-corrected chi connectivity index (χ1v) is 8.08. The van der Waals surface area contributed by atoms with Crippen LogP contribution in [0.3, 0.4) is 0 Å². The molecule has 2 aromatic rings. The molecule has 1 N–H and O–H groups in total. The molecule has 0 saturated carbocycles. The van der Waals surface area contributed by atoms with Crippen molar-refractivity contribution in [3.63, 3.8) is 0 Å². The predicted molar refractivity (Wildman–Crippen MR) is 96.0 cm³/mol. The minimum absolute atomic E-state index is 0.0315. The Kier molecular flexibility index (Phi) is 4.97. The van der Waals surface area contributed by atoms with Gasteiger partial charge in [-0.25, -0.2) is 4.79 Å². The van der Waals surface area contributed by atoms with E-state index in [-0.39, 0.29) is 29.5 Å². The zero-order valence-electron chi connectivity index (χ0n) is 13.1. The van der Waals surface area contributed by atoms with E-state index in [1.165, 1.54) is 17.0 Å². The summed E-state index contributed by atoms with van der Waals surface area (Å²) < 4.78 is 5.03. The number of carbonyl (C=O) groups is 2. The first-order valence-electron chi connectivity index (χ1n) is 7.33. The number of anilines is 2. The average molecular weight is 396 g/mol. The van der Waals surface area contributed by atoms with Crippen LogP contribution in [0.2, 0.25) is 10.0 Å². The molecular weight excluding hydrogens is 385 g/mol. The fraction of sp³-hybridized carbons (Fsp3) is 0.125. The summed E-state index contributed by atoms with van der Waals surface area (Å²) in [5.41, 5.74) is 0.531. The van der Waals surface area contributed by atoms with Crippen molar-refractivity contribution in [3.05, 3.63) is 56.6 Å². The van der Waals surface area contributed by atoms with Crippen LogP contribution < -0.4 is 15.0 Å². The van der Waals surface area contributed by atoms with Crippen LogP contribution in [0.25, 0.3) is 0 Å². The van der Waals surface area contributed by atoms with Gasteiger partial charge in [0.25, 0.3) is 5.69 Å². The number of carbonyl (C=O) groups excluding carboxylic acids is 2. The van der Waals surface area contributed by atoms with Gasteiger partial charge in [0.15, 0.2) is 5.75 Å². The zero-order valence-corrected chi connectivity index (χ0v) is 14.6. The minimum Gasteiger partial charge on any atom is -0.423 e. The van der Waals surface area contributed by atoms with Crippen LogP contribution >= 0.6 is 23.2 Å². The summed E-state index contributed by atoms with van der Waals surface area (Å²) in [4.78, 5) is 35.8. The van der Waals surface area contributed by atoms with Crippen molar-refractivity contribution < 1.29 is 19.2 Å². The second kappa shape index (κ2) is 7.19. The van der Waals surface area contributed by atoms with Gasteiger partial charge in [-0.1, -0.05) is 29.3 Å². The van der Waals surface area contributed by atoms with Crippen molar-refractivity contribution in [2.24, 2.45) is 0 Å². The number of hydrogen-bond donors (Lipinski definition) is 1. The number of nitro groups is 1. The summed E-state index contributed by atoms with van der Waals surface area (Å²) in [6, 6.07) is 8.66. The van der Waals surface area contributed by atoms with E-state index in [0.717, 1.165) is 6.07 Å². The van der Waals surface area contributed by atoms with E-state index in [1.807, 2.05) is 0 Å². The third-order valence-electron chi connectivity index (χ3n) is 3.60. The molecule has 8 nitrogen and oxygen atoms in total. The van der Waals surface area contributed by atoms with E-state index < -0.39 is 16.8 Å². The molecule has 0 atom stereocenters. The van der Waals surface area contributed by atoms with Crippen LogP contribution in [0, 0.1) is 10.1 Å². The summed E-state index contributed by atoms with van der Waals surface area (Å²) in [5.74, 6) is -1.02. The van der Waals surface area contributed by atoms with Gasteiger partial charge in [0.05, 0.1) is 39.0 Å². The summed E-state index contributed by atoms with van der Waals surface area (Å²) in [5, 5.41) is 14.0. The van der Waals surface area contributed by atoms with Crippen molar-refractivity contribution in [1.82, 2.24) is 0 Å². The van der Waals surface area contributed by atoms with Crippen LogP contribution in [0.15, 0.2) is 36.4 Å². The third-order valence-corrected chi connectivity index (χ3v) is 4.42. The monoisotopic (exact) mass is 395 g/mol. The number of rotatable bonds is 4. The van der Waals surface area contributed by atoms with Crippen LogP contribution in [0.1, 0.15) is 0 Å². The first kappa shape index (κ1) is 18.0. The van der Waals surface area contributed by atoms with Crippen molar-refractivity contribution in [1.29, 1.82) is 0 Å². The average Bonchev–Trinajstić information content (AvgIpc) is 2.58. The Morgan fingerprint density at radius 2 is 2.08 bits per heavy atom. The highest BCUT2D eigenvalue weighted by molar-refractivity contribution is 6.44. The number of nitrogens with one attached hydrogen (secondary N) is 1. The maximum atomic E-state index is 12.3. The molecular formula is C16H11Cl2N3O5. The molecule has 0 radical (unpaired) electrons. The smallest absolute Gasteiger partial charge is 0.331 e. The number of esters is 1. The molecule has 1 heterocycles. The van der Waals surface area contributed by atoms with Crippen LogP contribution in [-0.4, -0.2) is 29.9 Å². The Bertz CT molecular complexity index is 919. The highest BCUT2D eigenvalue weighted by Crippen LogP contribution is 2.35. The topological polar surface area (TPSA) is 102 Å². The Balaban J connectivity index is 1.80. The highest BCUT2D eigenvalue weighted by Gasteiger charge is 2.27. The quantitative estimate of drug-likeness (QED) is 0.368. The van der Waals surface area contributed by atoms with Crippen LogP contribution in [0.5, 0.6) is 5.75 Å². The fourth-order valence-electron chi connectivity index (χ4n) is 2.46. The fourth-order valence-corrected chi connectivity index (χ4v) is 2.81. The van der Waals surface area contributed by atoms with Gasteiger partial charge in [0, 0.05) is 6.07 Å². The maximum Gasteiger partial charge on any atom is 0.331 e. The lowest BCUT2D eigenvalue weighted by Crippen LogP contribution is -2.41. The molecule has 0 aromatic heterocycles. The largest absolute Gasteiger partial charge is 0.423 e. The van der Waals surface area contributed by atoms with Gasteiger partial charge in [-0.15, -0.1) is 0 Å². The van der Waals surface area contributed by atoms with Crippen LogP contribution in [0.4, 0.5) is 17.1 Å². The number of halogens is 2. The third kappa shape index (κ3) is 3.71. The maximum absolute atomic E-state index is 12.3. The van der Waals surface area contributed by atoms with E-state index in [2.05, 4.69) is 5.32 Å². The second-order valence-electron chi connectivity index (χ2n) is 5.39. The lowest BCUT2D eigenvalue weighted by Gasteiger charge is -2.29. The molecule has 0 spiro atoms. The number of fused-ring (bicyclic) bond motifs is 1. The molecule has 134 valence electrons. The van der Waals surface area contributed by atoms with Crippen molar-refractivity contribution in [3.8, 4) is 5.75 Å².